The highest BCUT2D eigenvalue weighted by atomic mass is 16.7. The summed E-state index contributed by atoms with van der Waals surface area (Å²) in [6.07, 6.45) is 8.12. The average Bonchev–Trinajstić information content (AvgIpc) is 2.69. The van der Waals surface area contributed by atoms with Gasteiger partial charge in [-0.2, -0.15) is 0 Å². The third-order valence-corrected chi connectivity index (χ3v) is 3.69. The molecular formula is C14H21NO5. The van der Waals surface area contributed by atoms with E-state index in [2.05, 4.69) is 0 Å². The third-order valence-electron chi connectivity index (χ3n) is 3.69. The molecule has 0 N–H and O–H groups in total. The molecule has 1 saturated carbocycles. The Labute approximate surface area is 118 Å². The van der Waals surface area contributed by atoms with Crippen molar-refractivity contribution in [2.24, 2.45) is 0 Å². The lowest BCUT2D eigenvalue weighted by molar-refractivity contribution is -0.201. The van der Waals surface area contributed by atoms with E-state index in [0.717, 1.165) is 25.7 Å². The van der Waals surface area contributed by atoms with Gasteiger partial charge in [0.1, 0.15) is 6.61 Å². The predicted molar refractivity (Wildman–Crippen MR) is 69.2 cm³/mol. The normalized spacial score (nSPS) is 21.7. The summed E-state index contributed by atoms with van der Waals surface area (Å²) in [4.78, 5) is 38.9. The van der Waals surface area contributed by atoms with Crippen molar-refractivity contribution in [2.45, 2.75) is 63.9 Å². The molecule has 0 unspecified atom stereocenters. The van der Waals surface area contributed by atoms with Gasteiger partial charge in [0.25, 0.3) is 11.8 Å². The first kappa shape index (κ1) is 15.0. The fourth-order valence-corrected chi connectivity index (χ4v) is 2.56. The van der Waals surface area contributed by atoms with Crippen LogP contribution in [-0.4, -0.2) is 35.6 Å². The Kier molecular flexibility index (Phi) is 5.52. The minimum absolute atomic E-state index is 0.0767. The van der Waals surface area contributed by atoms with Crippen LogP contribution in [0.25, 0.3) is 0 Å². The molecule has 6 heteroatoms. The third kappa shape index (κ3) is 4.30. The second kappa shape index (κ2) is 7.38. The minimum Gasteiger partial charge on any atom is -0.366 e. The molecule has 2 amide bonds. The van der Waals surface area contributed by atoms with Crippen LogP contribution in [0.5, 0.6) is 0 Å². The highest BCUT2D eigenvalue weighted by Crippen LogP contribution is 2.19. The molecule has 0 bridgehead atoms. The molecule has 2 aliphatic rings. The van der Waals surface area contributed by atoms with Crippen LogP contribution in [-0.2, 0) is 24.0 Å². The largest absolute Gasteiger partial charge is 0.366 e. The van der Waals surface area contributed by atoms with Crippen molar-refractivity contribution in [1.82, 2.24) is 5.06 Å². The van der Waals surface area contributed by atoms with Crippen LogP contribution in [0.15, 0.2) is 0 Å². The number of hydroxylamine groups is 2. The van der Waals surface area contributed by atoms with Gasteiger partial charge in [0.05, 0.1) is 6.10 Å². The molecule has 0 aromatic rings. The molecule has 1 aliphatic heterocycles. The Morgan fingerprint density at radius 2 is 1.55 bits per heavy atom. The van der Waals surface area contributed by atoms with Gasteiger partial charge in [-0.15, -0.1) is 5.06 Å². The number of amides is 2. The van der Waals surface area contributed by atoms with Gasteiger partial charge < -0.3 is 9.57 Å². The minimum atomic E-state index is -0.685. The number of carbonyl (C=O) groups is 3. The summed E-state index contributed by atoms with van der Waals surface area (Å²) in [6.45, 7) is -0.207. The molecule has 112 valence electrons. The fraction of sp³-hybridized carbons (Fsp3) is 0.786. The molecule has 0 aromatic carbocycles. The Hall–Kier alpha value is -1.43. The molecule has 1 saturated heterocycles. The van der Waals surface area contributed by atoms with Crippen LogP contribution in [0.4, 0.5) is 0 Å². The Bertz CT molecular complexity index is 358. The van der Waals surface area contributed by atoms with E-state index in [-0.39, 0.29) is 25.6 Å². The van der Waals surface area contributed by atoms with E-state index >= 15 is 0 Å². The van der Waals surface area contributed by atoms with E-state index in [1.165, 1.54) is 19.3 Å². The molecule has 2 rings (SSSR count). The van der Waals surface area contributed by atoms with E-state index in [0.29, 0.717) is 5.06 Å². The summed E-state index contributed by atoms with van der Waals surface area (Å²) in [6, 6.07) is 0. The zero-order chi connectivity index (χ0) is 14.4. The van der Waals surface area contributed by atoms with Crippen LogP contribution in [0.2, 0.25) is 0 Å². The van der Waals surface area contributed by atoms with Gasteiger partial charge in [0.15, 0.2) is 0 Å². The van der Waals surface area contributed by atoms with Gasteiger partial charge in [0, 0.05) is 12.8 Å². The van der Waals surface area contributed by atoms with Gasteiger partial charge >= 0.3 is 5.97 Å². The van der Waals surface area contributed by atoms with Crippen molar-refractivity contribution < 1.29 is 24.0 Å². The highest BCUT2D eigenvalue weighted by molar-refractivity contribution is 6.01. The lowest BCUT2D eigenvalue weighted by atomic mass is 9.99. The zero-order valence-corrected chi connectivity index (χ0v) is 11.6. The molecule has 1 heterocycles. The first-order valence-corrected chi connectivity index (χ1v) is 7.35. The average molecular weight is 283 g/mol. The van der Waals surface area contributed by atoms with Crippen LogP contribution >= 0.6 is 0 Å². The quantitative estimate of drug-likeness (QED) is 0.735. The highest BCUT2D eigenvalue weighted by Gasteiger charge is 2.32. The smallest absolute Gasteiger partial charge is 0.358 e. The van der Waals surface area contributed by atoms with Crippen molar-refractivity contribution in [3.05, 3.63) is 0 Å². The molecule has 0 spiro atoms. The predicted octanol–water partition coefficient (Wildman–Crippen LogP) is 1.72. The maximum absolute atomic E-state index is 11.6. The topological polar surface area (TPSA) is 72.9 Å². The first-order chi connectivity index (χ1) is 9.66. The maximum atomic E-state index is 11.6. The lowest BCUT2D eigenvalue weighted by Gasteiger charge is -2.20. The fourth-order valence-electron chi connectivity index (χ4n) is 2.56. The summed E-state index contributed by atoms with van der Waals surface area (Å²) in [5.74, 6) is -1.61. The maximum Gasteiger partial charge on any atom is 0.358 e. The molecular weight excluding hydrogens is 262 g/mol. The summed E-state index contributed by atoms with van der Waals surface area (Å²) in [5.41, 5.74) is 0. The number of ether oxygens (including phenoxy) is 1. The lowest BCUT2D eigenvalue weighted by Crippen LogP contribution is -2.34. The summed E-state index contributed by atoms with van der Waals surface area (Å²) < 4.78 is 5.54. The summed E-state index contributed by atoms with van der Waals surface area (Å²) in [5, 5.41) is 0.559. The van der Waals surface area contributed by atoms with Crippen LogP contribution in [0.1, 0.15) is 57.8 Å². The van der Waals surface area contributed by atoms with Crippen molar-refractivity contribution in [2.75, 3.05) is 6.61 Å². The second-order valence-electron chi connectivity index (χ2n) is 5.32. The van der Waals surface area contributed by atoms with E-state index in [9.17, 15) is 14.4 Å². The summed E-state index contributed by atoms with van der Waals surface area (Å²) in [7, 11) is 0. The van der Waals surface area contributed by atoms with Gasteiger partial charge in [-0.05, 0) is 12.8 Å². The molecule has 2 fully saturated rings. The molecule has 0 aromatic heterocycles. The Morgan fingerprint density at radius 1 is 1.00 bits per heavy atom. The Morgan fingerprint density at radius 3 is 2.15 bits per heavy atom. The van der Waals surface area contributed by atoms with E-state index in [4.69, 9.17) is 9.57 Å². The summed E-state index contributed by atoms with van der Waals surface area (Å²) >= 11 is 0. The standard InChI is InChI=1S/C14H21NO5/c16-12-8-9-13(17)15(12)20-14(18)10-19-11-6-4-2-1-3-5-7-11/h11H,1-10H2. The SMILES string of the molecule is O=C(COC1CCCCCCC1)ON1C(=O)CCC1=O. The van der Waals surface area contributed by atoms with Gasteiger partial charge in [-0.1, -0.05) is 32.1 Å². The van der Waals surface area contributed by atoms with E-state index < -0.39 is 17.8 Å². The number of hydrogen-bond acceptors (Lipinski definition) is 5. The van der Waals surface area contributed by atoms with Crippen molar-refractivity contribution in [1.29, 1.82) is 0 Å². The first-order valence-electron chi connectivity index (χ1n) is 7.35. The van der Waals surface area contributed by atoms with Gasteiger partial charge in [0.2, 0.25) is 0 Å². The molecule has 20 heavy (non-hydrogen) atoms. The number of carbonyl (C=O) groups excluding carboxylic acids is 3. The van der Waals surface area contributed by atoms with Crippen LogP contribution in [0, 0.1) is 0 Å². The van der Waals surface area contributed by atoms with Crippen molar-refractivity contribution in [3.63, 3.8) is 0 Å². The van der Waals surface area contributed by atoms with Crippen LogP contribution < -0.4 is 0 Å². The number of hydrogen-bond donors (Lipinski definition) is 0. The van der Waals surface area contributed by atoms with Crippen molar-refractivity contribution in [3.8, 4) is 0 Å². The van der Waals surface area contributed by atoms with E-state index in [1.54, 1.807) is 0 Å². The molecule has 0 radical (unpaired) electrons. The molecule has 0 atom stereocenters. The van der Waals surface area contributed by atoms with E-state index in [1.807, 2.05) is 0 Å². The second-order valence-corrected chi connectivity index (χ2v) is 5.32. The number of nitrogens with zero attached hydrogens (tertiary/aromatic N) is 1. The van der Waals surface area contributed by atoms with Gasteiger partial charge in [-0.3, -0.25) is 9.59 Å². The zero-order valence-electron chi connectivity index (χ0n) is 11.6. The Balaban J connectivity index is 1.71. The monoisotopic (exact) mass is 283 g/mol. The number of imide groups is 1. The van der Waals surface area contributed by atoms with Crippen LogP contribution in [0.3, 0.4) is 0 Å². The van der Waals surface area contributed by atoms with Gasteiger partial charge in [-0.25, -0.2) is 4.79 Å². The van der Waals surface area contributed by atoms with Crippen molar-refractivity contribution >= 4 is 17.8 Å². The molecule has 6 nitrogen and oxygen atoms in total. The molecule has 1 aliphatic carbocycles. The number of rotatable bonds is 4.